The Bertz CT molecular complexity index is 411. The van der Waals surface area contributed by atoms with Crippen LogP contribution in [0.15, 0.2) is 12.1 Å². The van der Waals surface area contributed by atoms with E-state index in [4.69, 9.17) is 10.5 Å². The third-order valence-electron chi connectivity index (χ3n) is 3.21. The second-order valence-corrected chi connectivity index (χ2v) is 4.54. The molecule has 1 heterocycles. The zero-order chi connectivity index (χ0) is 13.2. The molecule has 0 atom stereocenters. The number of nitrogens with one attached hydrogen (secondary N) is 1. The van der Waals surface area contributed by atoms with Gasteiger partial charge in [0.15, 0.2) is 11.6 Å². The molecule has 1 fully saturated rings. The van der Waals surface area contributed by atoms with Gasteiger partial charge < -0.3 is 20.9 Å². The standard InChI is InChI=1S/C12H16F2N2O2/c13-9-5-8(15)6-10(14)11(9)16-12(7-17)1-3-18-4-2-12/h5-6,16-17H,1-4,7,15H2. The van der Waals surface area contributed by atoms with Gasteiger partial charge in [0.05, 0.1) is 12.1 Å². The van der Waals surface area contributed by atoms with Crippen LogP contribution in [0.1, 0.15) is 12.8 Å². The number of benzene rings is 1. The van der Waals surface area contributed by atoms with Crippen LogP contribution in [0.3, 0.4) is 0 Å². The third-order valence-corrected chi connectivity index (χ3v) is 3.21. The van der Waals surface area contributed by atoms with Crippen molar-refractivity contribution in [3.63, 3.8) is 0 Å². The molecule has 0 amide bonds. The number of aliphatic hydroxyl groups is 1. The second kappa shape index (κ2) is 5.07. The van der Waals surface area contributed by atoms with Crippen LogP contribution in [0.2, 0.25) is 0 Å². The van der Waals surface area contributed by atoms with Crippen molar-refractivity contribution in [3.8, 4) is 0 Å². The molecule has 1 saturated heterocycles. The minimum atomic E-state index is -0.758. The summed E-state index contributed by atoms with van der Waals surface area (Å²) in [7, 11) is 0. The maximum Gasteiger partial charge on any atom is 0.151 e. The second-order valence-electron chi connectivity index (χ2n) is 4.54. The summed E-state index contributed by atoms with van der Waals surface area (Å²) in [4.78, 5) is 0. The van der Waals surface area contributed by atoms with Crippen molar-refractivity contribution < 1.29 is 18.6 Å². The van der Waals surface area contributed by atoms with Crippen molar-refractivity contribution in [1.29, 1.82) is 0 Å². The number of rotatable bonds is 3. The molecule has 2 rings (SSSR count). The molecule has 1 aliphatic rings. The molecule has 0 radical (unpaired) electrons. The summed E-state index contributed by atoms with van der Waals surface area (Å²) in [6, 6.07) is 2.10. The Morgan fingerprint density at radius 1 is 1.28 bits per heavy atom. The van der Waals surface area contributed by atoms with Crippen LogP contribution >= 0.6 is 0 Å². The van der Waals surface area contributed by atoms with E-state index in [1.165, 1.54) is 0 Å². The summed E-state index contributed by atoms with van der Waals surface area (Å²) in [5.41, 5.74) is 4.39. The molecule has 1 aromatic carbocycles. The molecular weight excluding hydrogens is 242 g/mol. The van der Waals surface area contributed by atoms with Gasteiger partial charge >= 0.3 is 0 Å². The van der Waals surface area contributed by atoms with Crippen molar-refractivity contribution in [3.05, 3.63) is 23.8 Å². The van der Waals surface area contributed by atoms with Gasteiger partial charge in [0.25, 0.3) is 0 Å². The fraction of sp³-hybridized carbons (Fsp3) is 0.500. The van der Waals surface area contributed by atoms with E-state index in [2.05, 4.69) is 5.32 Å². The van der Waals surface area contributed by atoms with Gasteiger partial charge in [-0.25, -0.2) is 8.78 Å². The predicted molar refractivity (Wildman–Crippen MR) is 64.3 cm³/mol. The lowest BCUT2D eigenvalue weighted by Crippen LogP contribution is -2.47. The first-order chi connectivity index (χ1) is 8.56. The highest BCUT2D eigenvalue weighted by atomic mass is 19.1. The maximum absolute atomic E-state index is 13.7. The lowest BCUT2D eigenvalue weighted by molar-refractivity contribution is 0.0377. The maximum atomic E-state index is 13.7. The number of halogens is 2. The molecule has 0 unspecified atom stereocenters. The average molecular weight is 258 g/mol. The lowest BCUT2D eigenvalue weighted by atomic mass is 9.90. The van der Waals surface area contributed by atoms with Gasteiger partial charge in [0.1, 0.15) is 5.69 Å². The molecule has 0 aromatic heterocycles. The van der Waals surface area contributed by atoms with Crippen LogP contribution in [0, 0.1) is 11.6 Å². The Hall–Kier alpha value is -1.40. The van der Waals surface area contributed by atoms with Crippen molar-refractivity contribution >= 4 is 11.4 Å². The molecule has 1 aromatic rings. The average Bonchev–Trinajstić information content (AvgIpc) is 2.35. The van der Waals surface area contributed by atoms with E-state index in [1.54, 1.807) is 0 Å². The molecule has 4 nitrogen and oxygen atoms in total. The summed E-state index contributed by atoms with van der Waals surface area (Å²) in [6.45, 7) is 0.692. The van der Waals surface area contributed by atoms with Gasteiger partial charge in [-0.3, -0.25) is 0 Å². The van der Waals surface area contributed by atoms with Crippen molar-refractivity contribution in [2.24, 2.45) is 0 Å². The van der Waals surface area contributed by atoms with E-state index < -0.39 is 17.2 Å². The normalized spacial score (nSPS) is 18.6. The van der Waals surface area contributed by atoms with E-state index in [0.29, 0.717) is 26.1 Å². The number of hydrogen-bond acceptors (Lipinski definition) is 4. The fourth-order valence-electron chi connectivity index (χ4n) is 2.06. The SMILES string of the molecule is Nc1cc(F)c(NC2(CO)CCOCC2)c(F)c1. The summed E-state index contributed by atoms with van der Waals surface area (Å²) < 4.78 is 32.5. The topological polar surface area (TPSA) is 67.5 Å². The smallest absolute Gasteiger partial charge is 0.151 e. The molecule has 18 heavy (non-hydrogen) atoms. The van der Waals surface area contributed by atoms with Crippen LogP contribution < -0.4 is 11.1 Å². The molecule has 1 aliphatic heterocycles. The van der Waals surface area contributed by atoms with Gasteiger partial charge in [-0.15, -0.1) is 0 Å². The van der Waals surface area contributed by atoms with Crippen LogP contribution in [0.25, 0.3) is 0 Å². The van der Waals surface area contributed by atoms with Crippen molar-refractivity contribution in [1.82, 2.24) is 0 Å². The molecule has 100 valence electrons. The molecule has 6 heteroatoms. The highest BCUT2D eigenvalue weighted by molar-refractivity contribution is 5.55. The quantitative estimate of drug-likeness (QED) is 0.719. The van der Waals surface area contributed by atoms with Crippen LogP contribution in [-0.4, -0.2) is 30.5 Å². The number of ether oxygens (including phenoxy) is 1. The van der Waals surface area contributed by atoms with Crippen LogP contribution in [0.4, 0.5) is 20.2 Å². The van der Waals surface area contributed by atoms with Crippen molar-refractivity contribution in [2.75, 3.05) is 30.9 Å². The van der Waals surface area contributed by atoms with Gasteiger partial charge in [0.2, 0.25) is 0 Å². The van der Waals surface area contributed by atoms with E-state index in [9.17, 15) is 13.9 Å². The predicted octanol–water partition coefficient (Wildman–Crippen LogP) is 1.50. The monoisotopic (exact) mass is 258 g/mol. The Morgan fingerprint density at radius 2 is 1.83 bits per heavy atom. The fourth-order valence-corrected chi connectivity index (χ4v) is 2.06. The van der Waals surface area contributed by atoms with Crippen LogP contribution in [0.5, 0.6) is 0 Å². The molecular formula is C12H16F2N2O2. The van der Waals surface area contributed by atoms with E-state index >= 15 is 0 Å². The zero-order valence-corrected chi connectivity index (χ0v) is 9.88. The van der Waals surface area contributed by atoms with Gasteiger partial charge in [-0.1, -0.05) is 0 Å². The Labute approximate surface area is 104 Å². The third kappa shape index (κ3) is 2.54. The molecule has 0 spiro atoms. The number of hydrogen-bond donors (Lipinski definition) is 3. The zero-order valence-electron chi connectivity index (χ0n) is 9.88. The van der Waals surface area contributed by atoms with E-state index in [1.807, 2.05) is 0 Å². The summed E-state index contributed by atoms with van der Waals surface area (Å²) in [6.07, 6.45) is 0.986. The first-order valence-corrected chi connectivity index (χ1v) is 5.78. The molecule has 0 saturated carbocycles. The number of nitrogens with two attached hydrogens (primary N) is 1. The summed E-state index contributed by atoms with van der Waals surface area (Å²) in [5.74, 6) is -1.52. The summed E-state index contributed by atoms with van der Waals surface area (Å²) in [5, 5.41) is 12.2. The Balaban J connectivity index is 2.27. The molecule has 0 aliphatic carbocycles. The first kappa shape index (κ1) is 13.0. The minimum Gasteiger partial charge on any atom is -0.399 e. The van der Waals surface area contributed by atoms with E-state index in [0.717, 1.165) is 12.1 Å². The highest BCUT2D eigenvalue weighted by Gasteiger charge is 2.33. The number of nitrogen functional groups attached to an aromatic ring is 1. The number of aliphatic hydroxyl groups excluding tert-OH is 1. The van der Waals surface area contributed by atoms with Gasteiger partial charge in [0, 0.05) is 18.9 Å². The van der Waals surface area contributed by atoms with Crippen molar-refractivity contribution in [2.45, 2.75) is 18.4 Å². The van der Waals surface area contributed by atoms with Crippen LogP contribution in [-0.2, 0) is 4.74 Å². The minimum absolute atomic E-state index is 0.0283. The lowest BCUT2D eigenvalue weighted by Gasteiger charge is -2.37. The number of anilines is 2. The van der Waals surface area contributed by atoms with E-state index in [-0.39, 0.29) is 18.0 Å². The van der Waals surface area contributed by atoms with Gasteiger partial charge in [-0.05, 0) is 25.0 Å². The van der Waals surface area contributed by atoms with Gasteiger partial charge in [-0.2, -0.15) is 0 Å². The Kier molecular flexibility index (Phi) is 3.68. The largest absolute Gasteiger partial charge is 0.399 e. The highest BCUT2D eigenvalue weighted by Crippen LogP contribution is 2.30. The summed E-state index contributed by atoms with van der Waals surface area (Å²) >= 11 is 0. The molecule has 4 N–H and O–H groups in total. The molecule has 0 bridgehead atoms. The Morgan fingerprint density at radius 3 is 2.33 bits per heavy atom. The first-order valence-electron chi connectivity index (χ1n) is 5.78.